The zero-order valence-electron chi connectivity index (χ0n) is 19.6. The van der Waals surface area contributed by atoms with Crippen LogP contribution in [0.4, 0.5) is 5.82 Å². The number of hydrogen-bond acceptors (Lipinski definition) is 4. The fraction of sp³-hybridized carbons (Fsp3) is 0.233. The molecular formula is C30H29N5. The topological polar surface area (TPSA) is 80.5 Å². The maximum atomic E-state index is 6.16. The number of nitrogen functional groups attached to an aromatic ring is 1. The second kappa shape index (κ2) is 9.34. The highest BCUT2D eigenvalue weighted by atomic mass is 15.3. The number of rotatable bonds is 7. The van der Waals surface area contributed by atoms with Crippen LogP contribution in [0, 0.1) is 0 Å². The van der Waals surface area contributed by atoms with Gasteiger partial charge in [0.25, 0.3) is 0 Å². The number of nitrogens with one attached hydrogen (secondary N) is 1. The maximum absolute atomic E-state index is 6.16. The lowest BCUT2D eigenvalue weighted by molar-refractivity contribution is 0.534. The summed E-state index contributed by atoms with van der Waals surface area (Å²) in [6.45, 7) is 0. The minimum absolute atomic E-state index is 0.190. The minimum Gasteiger partial charge on any atom is -0.384 e. The number of pyridine rings is 1. The SMILES string of the molecule is Nc1cc([C@H](CCC[C@H]2C[C@@H](c3ccccc3)c3ccccc32)c2ccccc2)c2n[nH]nc2n1. The lowest BCUT2D eigenvalue weighted by atomic mass is 9.84. The fourth-order valence-electron chi connectivity index (χ4n) is 5.91. The van der Waals surface area contributed by atoms with Gasteiger partial charge in [-0.1, -0.05) is 91.3 Å². The van der Waals surface area contributed by atoms with Crippen molar-refractivity contribution in [1.29, 1.82) is 0 Å². The van der Waals surface area contributed by atoms with E-state index in [-0.39, 0.29) is 5.92 Å². The number of hydrogen-bond donors (Lipinski definition) is 2. The predicted molar refractivity (Wildman–Crippen MR) is 140 cm³/mol. The van der Waals surface area contributed by atoms with Crippen molar-refractivity contribution in [3.63, 3.8) is 0 Å². The first-order valence-electron chi connectivity index (χ1n) is 12.4. The smallest absolute Gasteiger partial charge is 0.203 e. The van der Waals surface area contributed by atoms with Crippen LogP contribution < -0.4 is 5.73 Å². The van der Waals surface area contributed by atoms with Crippen LogP contribution >= 0.6 is 0 Å². The summed E-state index contributed by atoms with van der Waals surface area (Å²) in [5.74, 6) is 1.73. The highest BCUT2D eigenvalue weighted by Gasteiger charge is 2.31. The molecule has 1 aliphatic rings. The number of nitrogens with two attached hydrogens (primary N) is 1. The Bertz CT molecular complexity index is 1430. The summed E-state index contributed by atoms with van der Waals surface area (Å²) in [6, 6.07) is 32.6. The number of aromatic nitrogens is 4. The Morgan fingerprint density at radius 3 is 2.37 bits per heavy atom. The summed E-state index contributed by atoms with van der Waals surface area (Å²) < 4.78 is 0. The molecule has 0 aliphatic heterocycles. The fourth-order valence-corrected chi connectivity index (χ4v) is 5.91. The highest BCUT2D eigenvalue weighted by molar-refractivity contribution is 5.77. The van der Waals surface area contributed by atoms with Crippen molar-refractivity contribution in [1.82, 2.24) is 20.4 Å². The van der Waals surface area contributed by atoms with Gasteiger partial charge < -0.3 is 5.73 Å². The van der Waals surface area contributed by atoms with Gasteiger partial charge in [-0.25, -0.2) is 4.98 Å². The van der Waals surface area contributed by atoms with Gasteiger partial charge in [0, 0.05) is 11.8 Å². The third-order valence-electron chi connectivity index (χ3n) is 7.50. The van der Waals surface area contributed by atoms with Gasteiger partial charge >= 0.3 is 0 Å². The lowest BCUT2D eigenvalue weighted by Crippen LogP contribution is -2.06. The highest BCUT2D eigenvalue weighted by Crippen LogP contribution is 2.47. The molecule has 0 saturated carbocycles. The van der Waals surface area contributed by atoms with Crippen LogP contribution in [0.3, 0.4) is 0 Å². The van der Waals surface area contributed by atoms with Crippen molar-refractivity contribution in [2.24, 2.45) is 0 Å². The van der Waals surface area contributed by atoms with Gasteiger partial charge in [-0.3, -0.25) is 0 Å². The molecule has 0 fully saturated rings. The molecule has 174 valence electrons. The van der Waals surface area contributed by atoms with Gasteiger partial charge in [0.15, 0.2) is 0 Å². The van der Waals surface area contributed by atoms with E-state index < -0.39 is 0 Å². The quantitative estimate of drug-likeness (QED) is 0.289. The molecule has 0 radical (unpaired) electrons. The summed E-state index contributed by atoms with van der Waals surface area (Å²) in [4.78, 5) is 4.35. The standard InChI is InChI=1S/C30H29N5/c31-28-19-27(29-30(32-28)34-35-33-29)23(20-10-3-1-4-11-20)17-9-14-22-18-26(21-12-5-2-6-13-21)25-16-8-7-15-24(22)25/h1-8,10-13,15-16,19,22-23,26H,9,14,17-18H2,(H3,31,32,33,34,35)/t22-,23+,26-/m0/s1. The Morgan fingerprint density at radius 1 is 0.857 bits per heavy atom. The van der Waals surface area contributed by atoms with E-state index >= 15 is 0 Å². The molecule has 0 amide bonds. The molecule has 2 aromatic heterocycles. The van der Waals surface area contributed by atoms with Crippen molar-refractivity contribution in [2.75, 3.05) is 5.73 Å². The Labute approximate surface area is 205 Å². The Kier molecular flexibility index (Phi) is 5.75. The largest absolute Gasteiger partial charge is 0.384 e. The maximum Gasteiger partial charge on any atom is 0.203 e. The van der Waals surface area contributed by atoms with Crippen molar-refractivity contribution < 1.29 is 0 Å². The van der Waals surface area contributed by atoms with Crippen LogP contribution in [-0.4, -0.2) is 20.4 Å². The molecule has 3 atom stereocenters. The Balaban J connectivity index is 1.26. The molecule has 3 N–H and O–H groups in total. The average Bonchev–Trinajstić information content (AvgIpc) is 3.52. The molecule has 6 rings (SSSR count). The number of anilines is 1. The third-order valence-corrected chi connectivity index (χ3v) is 7.50. The molecule has 0 unspecified atom stereocenters. The average molecular weight is 460 g/mol. The van der Waals surface area contributed by atoms with Crippen molar-refractivity contribution >= 4 is 17.0 Å². The zero-order valence-corrected chi connectivity index (χ0v) is 19.6. The molecule has 0 bridgehead atoms. The van der Waals surface area contributed by atoms with Crippen LogP contribution in [-0.2, 0) is 0 Å². The monoisotopic (exact) mass is 459 g/mol. The lowest BCUT2D eigenvalue weighted by Gasteiger charge is -2.20. The second-order valence-corrected chi connectivity index (χ2v) is 9.55. The van der Waals surface area contributed by atoms with E-state index in [0.29, 0.717) is 23.3 Å². The zero-order chi connectivity index (χ0) is 23.6. The van der Waals surface area contributed by atoms with Crippen molar-refractivity contribution in [2.45, 2.75) is 43.4 Å². The predicted octanol–water partition coefficient (Wildman–Crippen LogP) is 6.56. The summed E-state index contributed by atoms with van der Waals surface area (Å²) >= 11 is 0. The molecule has 1 aliphatic carbocycles. The summed E-state index contributed by atoms with van der Waals surface area (Å²) in [6.07, 6.45) is 4.47. The van der Waals surface area contributed by atoms with Crippen molar-refractivity contribution in [3.05, 3.63) is 119 Å². The number of fused-ring (bicyclic) bond motifs is 2. The minimum atomic E-state index is 0.190. The molecule has 5 nitrogen and oxygen atoms in total. The molecule has 0 spiro atoms. The van der Waals surface area contributed by atoms with Crippen molar-refractivity contribution in [3.8, 4) is 0 Å². The molecule has 5 heteroatoms. The van der Waals surface area contributed by atoms with E-state index in [1.807, 2.05) is 6.07 Å². The van der Waals surface area contributed by atoms with E-state index in [0.717, 1.165) is 30.3 Å². The van der Waals surface area contributed by atoms with Gasteiger partial charge in [-0.15, -0.1) is 5.10 Å². The van der Waals surface area contributed by atoms with Crippen LogP contribution in [0.15, 0.2) is 91.0 Å². The summed E-state index contributed by atoms with van der Waals surface area (Å²) in [5, 5.41) is 11.3. The Hall–Kier alpha value is -3.99. The number of nitrogens with zero attached hydrogens (tertiary/aromatic N) is 3. The van der Waals surface area contributed by atoms with Gasteiger partial charge in [0.05, 0.1) is 0 Å². The van der Waals surface area contributed by atoms with Gasteiger partial charge in [-0.05, 0) is 59.1 Å². The molecule has 2 heterocycles. The van der Waals surface area contributed by atoms with Crippen LogP contribution in [0.2, 0.25) is 0 Å². The molecule has 5 aromatic rings. The van der Waals surface area contributed by atoms with E-state index in [2.05, 4.69) is 105 Å². The van der Waals surface area contributed by atoms with E-state index in [1.165, 1.54) is 28.7 Å². The summed E-state index contributed by atoms with van der Waals surface area (Å²) in [5.41, 5.74) is 14.4. The first-order chi connectivity index (χ1) is 17.3. The van der Waals surface area contributed by atoms with Crippen LogP contribution in [0.5, 0.6) is 0 Å². The number of H-pyrrole nitrogens is 1. The summed E-state index contributed by atoms with van der Waals surface area (Å²) in [7, 11) is 0. The molecule has 0 saturated heterocycles. The third kappa shape index (κ3) is 4.18. The number of benzene rings is 3. The molecule has 35 heavy (non-hydrogen) atoms. The van der Waals surface area contributed by atoms with Gasteiger partial charge in [-0.2, -0.15) is 10.3 Å². The molecular weight excluding hydrogens is 430 g/mol. The van der Waals surface area contributed by atoms with Crippen LogP contribution in [0.25, 0.3) is 11.2 Å². The number of aromatic amines is 1. The molecule has 3 aromatic carbocycles. The van der Waals surface area contributed by atoms with Crippen LogP contribution in [0.1, 0.15) is 71.3 Å². The first kappa shape index (κ1) is 21.5. The van der Waals surface area contributed by atoms with Gasteiger partial charge in [0.1, 0.15) is 11.3 Å². The second-order valence-electron chi connectivity index (χ2n) is 9.55. The van der Waals surface area contributed by atoms with E-state index in [9.17, 15) is 0 Å². The van der Waals surface area contributed by atoms with E-state index in [4.69, 9.17) is 5.73 Å². The normalized spacial score (nSPS) is 17.9. The van der Waals surface area contributed by atoms with Gasteiger partial charge in [0.2, 0.25) is 5.65 Å². The first-order valence-corrected chi connectivity index (χ1v) is 12.4. The Morgan fingerprint density at radius 2 is 1.57 bits per heavy atom. The van der Waals surface area contributed by atoms with E-state index in [1.54, 1.807) is 0 Å².